The summed E-state index contributed by atoms with van der Waals surface area (Å²) >= 11 is 0. The van der Waals surface area contributed by atoms with Crippen LogP contribution in [0.25, 0.3) is 0 Å². The Morgan fingerprint density at radius 3 is 2.78 bits per heavy atom. The van der Waals surface area contributed by atoms with Crippen LogP contribution in [0.5, 0.6) is 5.75 Å². The van der Waals surface area contributed by atoms with Crippen molar-refractivity contribution in [2.24, 2.45) is 5.92 Å². The number of hydrogen-bond acceptors (Lipinski definition) is 3. The van der Waals surface area contributed by atoms with Crippen LogP contribution in [0.1, 0.15) is 32.3 Å². The molecule has 23 heavy (non-hydrogen) atoms. The molecule has 6 heteroatoms. The van der Waals surface area contributed by atoms with Gasteiger partial charge in [0.25, 0.3) is 0 Å². The van der Waals surface area contributed by atoms with Gasteiger partial charge in [-0.2, -0.15) is 0 Å². The summed E-state index contributed by atoms with van der Waals surface area (Å²) in [6.07, 6.45) is 1.95. The zero-order valence-electron chi connectivity index (χ0n) is 13.6. The summed E-state index contributed by atoms with van der Waals surface area (Å²) < 4.78 is 5.72. The molecule has 1 aromatic carbocycles. The SMILES string of the molecule is CC(C)NC(=O)N1CCOc2ccc(NC(=O)C3CC3)cc2C1. The molecular formula is C17H23N3O3. The third-order valence-corrected chi connectivity index (χ3v) is 3.96. The van der Waals surface area contributed by atoms with E-state index in [4.69, 9.17) is 4.74 Å². The Bertz CT molecular complexity index is 611. The van der Waals surface area contributed by atoms with E-state index in [1.807, 2.05) is 32.0 Å². The van der Waals surface area contributed by atoms with Crippen LogP contribution in [0.15, 0.2) is 18.2 Å². The summed E-state index contributed by atoms with van der Waals surface area (Å²) in [6, 6.07) is 5.61. The molecule has 0 atom stereocenters. The Kier molecular flexibility index (Phi) is 4.41. The van der Waals surface area contributed by atoms with Crippen molar-refractivity contribution < 1.29 is 14.3 Å². The number of fused-ring (bicyclic) bond motifs is 1. The van der Waals surface area contributed by atoms with E-state index >= 15 is 0 Å². The fourth-order valence-corrected chi connectivity index (χ4v) is 2.57. The Balaban J connectivity index is 1.73. The predicted octanol–water partition coefficient (Wildman–Crippen LogP) is 2.35. The van der Waals surface area contributed by atoms with Crippen molar-refractivity contribution in [3.8, 4) is 5.75 Å². The smallest absolute Gasteiger partial charge is 0.318 e. The maximum atomic E-state index is 12.2. The monoisotopic (exact) mass is 317 g/mol. The molecule has 0 saturated heterocycles. The standard InChI is InChI=1S/C17H23N3O3/c1-11(2)18-17(22)20-7-8-23-15-6-5-14(9-13(15)10-20)19-16(21)12-3-4-12/h5-6,9,11-12H,3-4,7-8,10H2,1-2H3,(H,18,22)(H,19,21). The summed E-state index contributed by atoms with van der Waals surface area (Å²) in [4.78, 5) is 25.8. The average molecular weight is 317 g/mol. The molecule has 0 spiro atoms. The molecule has 124 valence electrons. The van der Waals surface area contributed by atoms with Gasteiger partial charge in [0.15, 0.2) is 0 Å². The number of anilines is 1. The van der Waals surface area contributed by atoms with Crippen molar-refractivity contribution >= 4 is 17.6 Å². The largest absolute Gasteiger partial charge is 0.491 e. The molecule has 0 radical (unpaired) electrons. The van der Waals surface area contributed by atoms with E-state index in [1.54, 1.807) is 4.90 Å². The van der Waals surface area contributed by atoms with Crippen LogP contribution < -0.4 is 15.4 Å². The molecule has 0 aromatic heterocycles. The minimum absolute atomic E-state index is 0.0777. The Morgan fingerprint density at radius 1 is 1.30 bits per heavy atom. The van der Waals surface area contributed by atoms with Crippen molar-refractivity contribution in [2.75, 3.05) is 18.5 Å². The second kappa shape index (κ2) is 6.48. The highest BCUT2D eigenvalue weighted by atomic mass is 16.5. The number of hydrogen-bond donors (Lipinski definition) is 2. The first-order valence-electron chi connectivity index (χ1n) is 8.15. The van der Waals surface area contributed by atoms with Gasteiger partial charge in [0.05, 0.1) is 13.1 Å². The molecule has 1 saturated carbocycles. The number of amides is 3. The van der Waals surface area contributed by atoms with E-state index in [9.17, 15) is 9.59 Å². The van der Waals surface area contributed by atoms with E-state index in [-0.39, 0.29) is 23.9 Å². The number of carbonyl (C=O) groups is 2. The van der Waals surface area contributed by atoms with Crippen LogP contribution in [0.3, 0.4) is 0 Å². The fourth-order valence-electron chi connectivity index (χ4n) is 2.57. The third-order valence-electron chi connectivity index (χ3n) is 3.96. The van der Waals surface area contributed by atoms with Crippen molar-refractivity contribution in [1.29, 1.82) is 0 Å². The van der Waals surface area contributed by atoms with Crippen molar-refractivity contribution in [3.05, 3.63) is 23.8 Å². The topological polar surface area (TPSA) is 70.7 Å². The summed E-state index contributed by atoms with van der Waals surface area (Å²) in [5.41, 5.74) is 1.67. The molecule has 3 rings (SSSR count). The van der Waals surface area contributed by atoms with Gasteiger partial charge >= 0.3 is 6.03 Å². The van der Waals surface area contributed by atoms with Gasteiger partial charge in [-0.1, -0.05) is 0 Å². The van der Waals surface area contributed by atoms with Crippen LogP contribution in [0.4, 0.5) is 10.5 Å². The summed E-state index contributed by atoms with van der Waals surface area (Å²) in [5.74, 6) is 1.02. The highest BCUT2D eigenvalue weighted by Crippen LogP contribution is 2.31. The molecule has 1 aromatic rings. The average Bonchev–Trinajstić information content (AvgIpc) is 3.32. The van der Waals surface area contributed by atoms with E-state index in [0.29, 0.717) is 19.7 Å². The molecule has 1 aliphatic carbocycles. The predicted molar refractivity (Wildman–Crippen MR) is 87.4 cm³/mol. The fraction of sp³-hybridized carbons (Fsp3) is 0.529. The maximum absolute atomic E-state index is 12.2. The second-order valence-electron chi connectivity index (χ2n) is 6.46. The van der Waals surface area contributed by atoms with Gasteiger partial charge in [0.2, 0.25) is 5.91 Å². The first-order chi connectivity index (χ1) is 11.0. The van der Waals surface area contributed by atoms with Crippen LogP contribution in [-0.2, 0) is 11.3 Å². The first kappa shape index (κ1) is 15.6. The molecule has 3 amide bonds. The minimum atomic E-state index is -0.0936. The third kappa shape index (κ3) is 3.94. The number of rotatable bonds is 3. The lowest BCUT2D eigenvalue weighted by Crippen LogP contribution is -2.43. The van der Waals surface area contributed by atoms with Crippen LogP contribution in [0, 0.1) is 5.92 Å². The lowest BCUT2D eigenvalue weighted by atomic mass is 10.1. The second-order valence-corrected chi connectivity index (χ2v) is 6.46. The Hall–Kier alpha value is -2.24. The molecule has 1 aliphatic heterocycles. The summed E-state index contributed by atoms with van der Waals surface area (Å²) in [7, 11) is 0. The highest BCUT2D eigenvalue weighted by Gasteiger charge is 2.29. The summed E-state index contributed by atoms with van der Waals surface area (Å²) in [5, 5.41) is 5.84. The van der Waals surface area contributed by atoms with Gasteiger partial charge < -0.3 is 20.3 Å². The number of benzene rings is 1. The number of carbonyl (C=O) groups excluding carboxylic acids is 2. The van der Waals surface area contributed by atoms with E-state index in [1.165, 1.54) is 0 Å². The van der Waals surface area contributed by atoms with E-state index in [0.717, 1.165) is 29.8 Å². The van der Waals surface area contributed by atoms with Crippen LogP contribution in [-0.4, -0.2) is 36.0 Å². The molecule has 0 unspecified atom stereocenters. The molecule has 6 nitrogen and oxygen atoms in total. The zero-order valence-corrected chi connectivity index (χ0v) is 13.6. The molecule has 0 bridgehead atoms. The maximum Gasteiger partial charge on any atom is 0.318 e. The molecule has 1 fully saturated rings. The molecular weight excluding hydrogens is 294 g/mol. The van der Waals surface area contributed by atoms with Gasteiger partial charge in [-0.25, -0.2) is 4.79 Å². The Labute approximate surface area is 136 Å². The summed E-state index contributed by atoms with van der Waals surface area (Å²) in [6.45, 7) is 5.35. The number of urea groups is 1. The lowest BCUT2D eigenvalue weighted by Gasteiger charge is -2.22. The van der Waals surface area contributed by atoms with Gasteiger partial charge in [-0.3, -0.25) is 4.79 Å². The zero-order chi connectivity index (χ0) is 16.4. The minimum Gasteiger partial charge on any atom is -0.491 e. The number of nitrogens with zero attached hydrogens (tertiary/aromatic N) is 1. The van der Waals surface area contributed by atoms with E-state index in [2.05, 4.69) is 10.6 Å². The lowest BCUT2D eigenvalue weighted by molar-refractivity contribution is -0.117. The Morgan fingerprint density at radius 2 is 2.09 bits per heavy atom. The van der Waals surface area contributed by atoms with Crippen molar-refractivity contribution in [3.63, 3.8) is 0 Å². The van der Waals surface area contributed by atoms with Crippen molar-refractivity contribution in [2.45, 2.75) is 39.3 Å². The van der Waals surface area contributed by atoms with Crippen LogP contribution >= 0.6 is 0 Å². The highest BCUT2D eigenvalue weighted by molar-refractivity contribution is 5.94. The van der Waals surface area contributed by atoms with Crippen molar-refractivity contribution in [1.82, 2.24) is 10.2 Å². The van der Waals surface area contributed by atoms with Gasteiger partial charge in [-0.05, 0) is 44.9 Å². The van der Waals surface area contributed by atoms with Crippen LogP contribution in [0.2, 0.25) is 0 Å². The molecule has 1 heterocycles. The number of nitrogens with one attached hydrogen (secondary N) is 2. The molecule has 2 N–H and O–H groups in total. The first-order valence-corrected chi connectivity index (χ1v) is 8.15. The van der Waals surface area contributed by atoms with Gasteiger partial charge in [-0.15, -0.1) is 0 Å². The quantitative estimate of drug-likeness (QED) is 0.899. The van der Waals surface area contributed by atoms with Gasteiger partial charge in [0, 0.05) is 23.2 Å². The normalized spacial score (nSPS) is 17.1. The van der Waals surface area contributed by atoms with Gasteiger partial charge in [0.1, 0.15) is 12.4 Å². The molecule has 2 aliphatic rings. The van der Waals surface area contributed by atoms with E-state index < -0.39 is 0 Å². The number of ether oxygens (including phenoxy) is 1.